The summed E-state index contributed by atoms with van der Waals surface area (Å²) in [6, 6.07) is 42.7. The van der Waals surface area contributed by atoms with Crippen LogP contribution in [0.2, 0.25) is 0 Å². The van der Waals surface area contributed by atoms with Crippen molar-refractivity contribution >= 4 is 76.4 Å². The quantitative estimate of drug-likeness (QED) is 0.161. The highest BCUT2D eigenvalue weighted by molar-refractivity contribution is 7.25. The van der Waals surface area contributed by atoms with Crippen molar-refractivity contribution in [1.29, 1.82) is 0 Å². The molecular weight excluding hydrogens is 504 g/mol. The Kier molecular flexibility index (Phi) is 5.30. The molecule has 2 aromatic heterocycles. The summed E-state index contributed by atoms with van der Waals surface area (Å²) in [6.07, 6.45) is 4.31. The first-order chi connectivity index (χ1) is 19.8. The van der Waals surface area contributed by atoms with Gasteiger partial charge in [-0.25, -0.2) is 0 Å². The third-order valence-electron chi connectivity index (χ3n) is 7.48. The summed E-state index contributed by atoms with van der Waals surface area (Å²) >= 11 is 1.69. The molecule has 0 amide bonds. The van der Waals surface area contributed by atoms with Gasteiger partial charge in [-0.15, -0.1) is 0 Å². The van der Waals surface area contributed by atoms with E-state index >= 15 is 0 Å². The lowest BCUT2D eigenvalue weighted by molar-refractivity contribution is 0.678. The lowest BCUT2D eigenvalue weighted by atomic mass is 10.0. The van der Waals surface area contributed by atoms with Gasteiger partial charge in [0.05, 0.1) is 0 Å². The number of hydrogen-bond donors (Lipinski definition) is 0. The molecular formula is C38H22OS. The van der Waals surface area contributed by atoms with Gasteiger partial charge in [-0.05, 0) is 75.1 Å². The summed E-state index contributed by atoms with van der Waals surface area (Å²) < 4.78 is 7.54. The molecule has 40 heavy (non-hydrogen) atoms. The Morgan fingerprint density at radius 3 is 1.93 bits per heavy atom. The summed E-state index contributed by atoms with van der Waals surface area (Å²) in [5.74, 6) is 6.69. The van der Waals surface area contributed by atoms with Crippen molar-refractivity contribution in [3.05, 3.63) is 144 Å². The van der Waals surface area contributed by atoms with Crippen molar-refractivity contribution in [2.24, 2.45) is 0 Å². The summed E-state index contributed by atoms with van der Waals surface area (Å²) in [7, 11) is 0. The van der Waals surface area contributed by atoms with Gasteiger partial charge in [-0.3, -0.25) is 0 Å². The van der Waals surface area contributed by atoms with Gasteiger partial charge in [-0.2, -0.15) is 0 Å². The maximum atomic E-state index is 6.35. The van der Waals surface area contributed by atoms with Crippen LogP contribution < -0.4 is 0 Å². The minimum absolute atomic E-state index is 0.920. The third kappa shape index (κ3) is 4.05. The molecule has 0 saturated carbocycles. The number of hydrogen-bond acceptors (Lipinski definition) is 2. The van der Waals surface area contributed by atoms with Crippen molar-refractivity contribution in [2.45, 2.75) is 0 Å². The highest BCUT2D eigenvalue weighted by Crippen LogP contribution is 2.41. The van der Waals surface area contributed by atoms with Crippen molar-refractivity contribution < 1.29 is 4.42 Å². The van der Waals surface area contributed by atoms with Gasteiger partial charge in [-0.1, -0.05) is 114 Å². The molecule has 8 rings (SSSR count). The fourth-order valence-corrected chi connectivity index (χ4v) is 6.55. The van der Waals surface area contributed by atoms with E-state index in [1.165, 1.54) is 42.6 Å². The van der Waals surface area contributed by atoms with E-state index in [0.29, 0.717) is 0 Å². The van der Waals surface area contributed by atoms with Gasteiger partial charge in [0.15, 0.2) is 4.90 Å². The molecule has 0 N–H and O–H groups in total. The number of fused-ring (bicyclic) bond motifs is 7. The summed E-state index contributed by atoms with van der Waals surface area (Å²) in [6.45, 7) is 0. The summed E-state index contributed by atoms with van der Waals surface area (Å²) in [5.41, 5.74) is 5.26. The fourth-order valence-electron chi connectivity index (χ4n) is 5.43. The van der Waals surface area contributed by atoms with Crippen molar-refractivity contribution in [2.75, 3.05) is 0 Å². The van der Waals surface area contributed by atoms with E-state index in [1.807, 2.05) is 0 Å². The average Bonchev–Trinajstić information content (AvgIpc) is 3.53. The van der Waals surface area contributed by atoms with Gasteiger partial charge in [0.25, 0.3) is 0 Å². The molecule has 0 fully saturated rings. The second kappa shape index (κ2) is 9.27. The van der Waals surface area contributed by atoms with Crippen LogP contribution in [-0.4, -0.2) is 0 Å². The molecule has 0 aliphatic heterocycles. The number of furan rings is 1. The monoisotopic (exact) mass is 526 g/mol. The normalized spacial score (nSPS) is 11.7. The molecule has 2 heterocycles. The van der Waals surface area contributed by atoms with Gasteiger partial charge >= 0.3 is 0 Å². The molecule has 0 aliphatic rings. The Balaban J connectivity index is 1.10. The second-order valence-electron chi connectivity index (χ2n) is 10.1. The number of thiophene rings is 1. The summed E-state index contributed by atoms with van der Waals surface area (Å²) in [4.78, 5) is 0.959. The highest BCUT2D eigenvalue weighted by Gasteiger charge is 2.14. The first kappa shape index (κ1) is 22.8. The van der Waals surface area contributed by atoms with Gasteiger partial charge < -0.3 is 4.42 Å². The predicted molar refractivity (Wildman–Crippen MR) is 172 cm³/mol. The Morgan fingerprint density at radius 1 is 0.525 bits per heavy atom. The second-order valence-corrected chi connectivity index (χ2v) is 11.1. The average molecular weight is 527 g/mol. The van der Waals surface area contributed by atoms with Crippen LogP contribution in [0.25, 0.3) is 65.0 Å². The molecule has 0 bridgehead atoms. The minimum Gasteiger partial charge on any atom is -0.445 e. The van der Waals surface area contributed by atoms with E-state index in [-0.39, 0.29) is 0 Å². The lowest BCUT2D eigenvalue weighted by Gasteiger charge is -2.00. The Bertz CT molecular complexity index is 2340. The van der Waals surface area contributed by atoms with Crippen LogP contribution in [0.4, 0.5) is 0 Å². The predicted octanol–water partition coefficient (Wildman–Crippen LogP) is 10.7. The Hall–Kier alpha value is -5.10. The first-order valence-electron chi connectivity index (χ1n) is 13.3. The third-order valence-corrected chi connectivity index (χ3v) is 8.51. The molecule has 0 spiro atoms. The molecule has 8 aromatic rings. The molecule has 186 valence electrons. The molecule has 0 unspecified atom stereocenters. The smallest absolute Gasteiger partial charge is 0.190 e. The first-order valence-corrected chi connectivity index (χ1v) is 14.2. The molecule has 1 nitrogen and oxygen atoms in total. The van der Waals surface area contributed by atoms with Gasteiger partial charge in [0.2, 0.25) is 0 Å². The molecule has 0 aliphatic carbocycles. The van der Waals surface area contributed by atoms with E-state index in [9.17, 15) is 0 Å². The zero-order chi connectivity index (χ0) is 26.5. The van der Waals surface area contributed by atoms with Crippen molar-refractivity contribution in [3.8, 4) is 11.8 Å². The van der Waals surface area contributed by atoms with Crippen molar-refractivity contribution in [3.63, 3.8) is 0 Å². The minimum atomic E-state index is 0.920. The standard InChI is InChI=1S/C38H22OS/c1-3-7-31-21-25(13-17-29(31)5-1)9-11-27-15-19-33-35(23-27)39-38-37(33)34-20-16-28(24-36(34)40-38)12-10-26-14-18-30-6-2-4-8-32(30)22-26/h1-9,11,13-24H/b11-9+. The zero-order valence-corrected chi connectivity index (χ0v) is 22.3. The number of benzene rings is 6. The molecule has 6 aromatic carbocycles. The van der Waals surface area contributed by atoms with E-state index in [4.69, 9.17) is 4.42 Å². The molecule has 0 saturated heterocycles. The Morgan fingerprint density at radius 2 is 1.12 bits per heavy atom. The molecule has 2 heteroatoms. The zero-order valence-electron chi connectivity index (χ0n) is 21.5. The van der Waals surface area contributed by atoms with Crippen LogP contribution >= 0.6 is 11.3 Å². The van der Waals surface area contributed by atoms with Crippen LogP contribution in [0, 0.1) is 11.8 Å². The van der Waals surface area contributed by atoms with E-state index < -0.39 is 0 Å². The largest absolute Gasteiger partial charge is 0.445 e. The van der Waals surface area contributed by atoms with E-state index in [0.717, 1.165) is 32.6 Å². The summed E-state index contributed by atoms with van der Waals surface area (Å²) in [5, 5.41) is 8.51. The van der Waals surface area contributed by atoms with Crippen LogP contribution in [0.3, 0.4) is 0 Å². The maximum absolute atomic E-state index is 6.35. The van der Waals surface area contributed by atoms with Crippen molar-refractivity contribution in [1.82, 2.24) is 0 Å². The van der Waals surface area contributed by atoms with Gasteiger partial charge in [0.1, 0.15) is 5.58 Å². The fraction of sp³-hybridized carbons (Fsp3) is 0. The van der Waals surface area contributed by atoms with Crippen LogP contribution in [0.15, 0.2) is 126 Å². The topological polar surface area (TPSA) is 13.1 Å². The maximum Gasteiger partial charge on any atom is 0.190 e. The molecule has 0 atom stereocenters. The highest BCUT2D eigenvalue weighted by atomic mass is 32.1. The van der Waals surface area contributed by atoms with Crippen LogP contribution in [-0.2, 0) is 0 Å². The number of rotatable bonds is 2. The van der Waals surface area contributed by atoms with E-state index in [1.54, 1.807) is 11.3 Å². The van der Waals surface area contributed by atoms with E-state index in [2.05, 4.69) is 145 Å². The van der Waals surface area contributed by atoms with Gasteiger partial charge in [0, 0.05) is 32.0 Å². The lowest BCUT2D eigenvalue weighted by Crippen LogP contribution is -1.78. The van der Waals surface area contributed by atoms with Crippen LogP contribution in [0.5, 0.6) is 0 Å². The Labute approximate surface area is 235 Å². The molecule has 0 radical (unpaired) electrons. The SMILES string of the molecule is C(#Cc1ccc2c(c1)sc1oc3cc(/C=C/c4ccc5ccccc5c4)ccc3c12)c1ccc2ccccc2c1. The van der Waals surface area contributed by atoms with Crippen LogP contribution in [0.1, 0.15) is 22.3 Å².